The van der Waals surface area contributed by atoms with Gasteiger partial charge >= 0.3 is 11.9 Å². The maximum absolute atomic E-state index is 12.6. The van der Waals surface area contributed by atoms with Crippen LogP contribution in [0.15, 0.2) is 12.2 Å². The summed E-state index contributed by atoms with van der Waals surface area (Å²) in [6.45, 7) is 4.17. The first-order valence-electron chi connectivity index (χ1n) is 18.9. The summed E-state index contributed by atoms with van der Waals surface area (Å²) < 4.78 is 33.7. The Bertz CT molecular complexity index is 830. The zero-order valence-corrected chi connectivity index (χ0v) is 31.9. The summed E-state index contributed by atoms with van der Waals surface area (Å²) in [5.41, 5.74) is 0. The zero-order chi connectivity index (χ0) is 35.1. The lowest BCUT2D eigenvalue weighted by Gasteiger charge is -2.28. The van der Waals surface area contributed by atoms with Gasteiger partial charge in [0.15, 0.2) is 6.10 Å². The summed E-state index contributed by atoms with van der Waals surface area (Å²) in [5.74, 6) is -0.844. The minimum Gasteiger partial charge on any atom is -0.756 e. The maximum atomic E-state index is 12.6. The minimum absolute atomic E-state index is 0.0298. The molecule has 2 atom stereocenters. The number of esters is 2. The minimum atomic E-state index is -4.61. The third-order valence-electron chi connectivity index (χ3n) is 8.04. The van der Waals surface area contributed by atoms with E-state index in [1.165, 1.54) is 70.6 Å². The third kappa shape index (κ3) is 34.4. The van der Waals surface area contributed by atoms with Crippen molar-refractivity contribution < 1.29 is 42.1 Å². The maximum Gasteiger partial charge on any atom is 0.306 e. The van der Waals surface area contributed by atoms with Crippen LogP contribution in [0, 0.1) is 0 Å². The second-order valence-electron chi connectivity index (χ2n) is 13.9. The van der Waals surface area contributed by atoms with Crippen LogP contribution in [0.3, 0.4) is 0 Å². The van der Waals surface area contributed by atoms with E-state index in [-0.39, 0.29) is 32.0 Å². The summed E-state index contributed by atoms with van der Waals surface area (Å²) >= 11 is 0. The van der Waals surface area contributed by atoms with Gasteiger partial charge in [0, 0.05) is 12.8 Å². The van der Waals surface area contributed by atoms with Gasteiger partial charge in [-0.05, 0) is 38.5 Å². The zero-order valence-electron chi connectivity index (χ0n) is 31.0. The molecule has 0 saturated heterocycles. The number of unbranched alkanes of at least 4 members (excludes halogenated alkanes) is 18. The van der Waals surface area contributed by atoms with Gasteiger partial charge < -0.3 is 27.9 Å². The Morgan fingerprint density at radius 2 is 1.09 bits per heavy atom. The number of carbonyl (C=O) groups is 2. The molecule has 10 heteroatoms. The quantitative estimate of drug-likeness (QED) is 0.0216. The monoisotopic (exact) mass is 689 g/mol. The number of ether oxygens (including phenoxy) is 2. The highest BCUT2D eigenvalue weighted by Gasteiger charge is 2.21. The van der Waals surface area contributed by atoms with Crippen LogP contribution >= 0.6 is 7.82 Å². The molecule has 0 heterocycles. The Morgan fingerprint density at radius 1 is 0.638 bits per heavy atom. The summed E-state index contributed by atoms with van der Waals surface area (Å²) in [4.78, 5) is 37.2. The lowest BCUT2D eigenvalue weighted by atomic mass is 10.1. The molecular weight excluding hydrogens is 617 g/mol. The second-order valence-corrected chi connectivity index (χ2v) is 15.4. The van der Waals surface area contributed by atoms with Gasteiger partial charge in [-0.1, -0.05) is 122 Å². The largest absolute Gasteiger partial charge is 0.756 e. The van der Waals surface area contributed by atoms with E-state index in [1.807, 2.05) is 21.1 Å². The topological polar surface area (TPSA) is 111 Å². The van der Waals surface area contributed by atoms with Crippen LogP contribution in [0.25, 0.3) is 0 Å². The highest BCUT2D eigenvalue weighted by Crippen LogP contribution is 2.38. The molecule has 0 aliphatic heterocycles. The molecule has 0 aromatic heterocycles. The fraction of sp³-hybridized carbons (Fsp3) is 0.892. The molecule has 1 unspecified atom stereocenters. The van der Waals surface area contributed by atoms with E-state index >= 15 is 0 Å². The first kappa shape index (κ1) is 45.8. The Kier molecular flexibility index (Phi) is 30.0. The number of likely N-dealkylation sites (N-methyl/N-ethyl adjacent to an activating group) is 1. The molecule has 0 fully saturated rings. The van der Waals surface area contributed by atoms with Crippen molar-refractivity contribution in [3.8, 4) is 0 Å². The van der Waals surface area contributed by atoms with Crippen LogP contribution in [-0.4, -0.2) is 70.0 Å². The molecule has 278 valence electrons. The Morgan fingerprint density at radius 3 is 1.62 bits per heavy atom. The lowest BCUT2D eigenvalue weighted by Crippen LogP contribution is -2.37. The molecule has 0 spiro atoms. The number of hydrogen-bond acceptors (Lipinski definition) is 8. The molecule has 0 aromatic carbocycles. The van der Waals surface area contributed by atoms with Crippen molar-refractivity contribution in [2.45, 2.75) is 168 Å². The molecule has 0 radical (unpaired) electrons. The van der Waals surface area contributed by atoms with Crippen molar-refractivity contribution in [3.63, 3.8) is 0 Å². The van der Waals surface area contributed by atoms with Crippen LogP contribution in [0.5, 0.6) is 0 Å². The molecule has 0 aromatic rings. The average molecular weight is 690 g/mol. The predicted octanol–water partition coefficient (Wildman–Crippen LogP) is 9.22. The molecule has 47 heavy (non-hydrogen) atoms. The Hall–Kier alpha value is -1.25. The SMILES string of the molecule is CCCCC/C=C\CCCCCCCC(=O)O[C@H](COC(=O)CCCCCCCCCCCCC)COP(=O)([O-])OCC[N+](C)(C)C. The van der Waals surface area contributed by atoms with Crippen molar-refractivity contribution >= 4 is 19.8 Å². The first-order valence-corrected chi connectivity index (χ1v) is 20.4. The Labute approximate surface area is 288 Å². The number of phosphoric ester groups is 1. The summed E-state index contributed by atoms with van der Waals surface area (Å²) in [5, 5.41) is 0. The summed E-state index contributed by atoms with van der Waals surface area (Å²) in [6, 6.07) is 0. The number of hydrogen-bond donors (Lipinski definition) is 0. The average Bonchev–Trinajstić information content (AvgIpc) is 3.01. The van der Waals surface area contributed by atoms with E-state index in [4.69, 9.17) is 18.5 Å². The van der Waals surface area contributed by atoms with Gasteiger partial charge in [0.1, 0.15) is 19.8 Å². The first-order chi connectivity index (χ1) is 22.5. The third-order valence-corrected chi connectivity index (χ3v) is 9.00. The fourth-order valence-electron chi connectivity index (χ4n) is 5.00. The standard InChI is InChI=1S/C37H72NO8P/c1-6-8-10-12-14-16-18-20-22-24-26-28-30-37(40)46-35(34-45-47(41,42)44-32-31-38(3,4)5)33-43-36(39)29-27-25-23-21-19-17-15-13-11-9-7-2/h14,16,35H,6-13,15,17-34H2,1-5H3/b16-14-/t35-/m1/s1. The van der Waals surface area contributed by atoms with Gasteiger partial charge in [0.2, 0.25) is 0 Å². The van der Waals surface area contributed by atoms with Crippen molar-refractivity contribution in [2.75, 3.05) is 47.5 Å². The number of phosphoric acid groups is 1. The van der Waals surface area contributed by atoms with Crippen molar-refractivity contribution in [2.24, 2.45) is 0 Å². The number of quaternary nitrogens is 1. The van der Waals surface area contributed by atoms with Gasteiger partial charge in [0.25, 0.3) is 7.82 Å². The van der Waals surface area contributed by atoms with E-state index in [9.17, 15) is 19.0 Å². The Balaban J connectivity index is 4.46. The van der Waals surface area contributed by atoms with Gasteiger partial charge in [0.05, 0.1) is 27.7 Å². The van der Waals surface area contributed by atoms with E-state index in [0.717, 1.165) is 57.8 Å². The number of rotatable bonds is 34. The van der Waals surface area contributed by atoms with Crippen molar-refractivity contribution in [3.05, 3.63) is 12.2 Å². The summed E-state index contributed by atoms with van der Waals surface area (Å²) in [6.07, 6.45) is 28.1. The fourth-order valence-corrected chi connectivity index (χ4v) is 5.73. The highest BCUT2D eigenvalue weighted by molar-refractivity contribution is 7.45. The van der Waals surface area contributed by atoms with E-state index in [1.54, 1.807) is 0 Å². The highest BCUT2D eigenvalue weighted by atomic mass is 31.2. The molecule has 0 aliphatic carbocycles. The number of carbonyl (C=O) groups excluding carboxylic acids is 2. The molecule has 0 rings (SSSR count). The van der Waals surface area contributed by atoms with Gasteiger partial charge in [-0.15, -0.1) is 0 Å². The second kappa shape index (κ2) is 30.8. The van der Waals surface area contributed by atoms with Gasteiger partial charge in [-0.25, -0.2) is 0 Å². The van der Waals surface area contributed by atoms with Gasteiger partial charge in [-0.3, -0.25) is 14.2 Å². The van der Waals surface area contributed by atoms with Crippen molar-refractivity contribution in [1.82, 2.24) is 0 Å². The van der Waals surface area contributed by atoms with Crippen LogP contribution in [0.1, 0.15) is 162 Å². The number of nitrogens with zero attached hydrogens (tertiary/aromatic N) is 1. The predicted molar refractivity (Wildman–Crippen MR) is 190 cm³/mol. The van der Waals surface area contributed by atoms with Gasteiger partial charge in [-0.2, -0.15) is 0 Å². The normalized spacial score (nSPS) is 13.9. The van der Waals surface area contributed by atoms with Crippen molar-refractivity contribution in [1.29, 1.82) is 0 Å². The molecule has 0 N–H and O–H groups in total. The van der Waals surface area contributed by atoms with Crippen LogP contribution < -0.4 is 4.89 Å². The molecular formula is C37H72NO8P. The molecule has 0 amide bonds. The molecule has 9 nitrogen and oxygen atoms in total. The van der Waals surface area contributed by atoms with Crippen LogP contribution in [-0.2, 0) is 32.7 Å². The molecule has 0 aliphatic rings. The van der Waals surface area contributed by atoms with E-state index < -0.39 is 26.5 Å². The molecule has 0 bridgehead atoms. The molecule has 0 saturated carbocycles. The van der Waals surface area contributed by atoms with Crippen LogP contribution in [0.2, 0.25) is 0 Å². The lowest BCUT2D eigenvalue weighted by molar-refractivity contribution is -0.870. The van der Waals surface area contributed by atoms with Crippen LogP contribution in [0.4, 0.5) is 0 Å². The number of allylic oxidation sites excluding steroid dienone is 2. The van der Waals surface area contributed by atoms with E-state index in [2.05, 4.69) is 26.0 Å². The smallest absolute Gasteiger partial charge is 0.306 e. The summed E-state index contributed by atoms with van der Waals surface area (Å²) in [7, 11) is 1.16. The van der Waals surface area contributed by atoms with E-state index in [0.29, 0.717) is 17.4 Å².